The molecule has 0 aliphatic carbocycles. The summed E-state index contributed by atoms with van der Waals surface area (Å²) >= 11 is 3.48. The standard InChI is InChI=1S/C15H21BrN2O2/c1-9-4-11(16)5-10(2)13(9)8-18-15(19)14-6-12(20-3)7-17-14/h4-5,12,14,17H,6-8H2,1-3H3,(H,18,19)/t12-,14-/m0/s1. The van der Waals surface area contributed by atoms with Gasteiger partial charge in [0.2, 0.25) is 5.91 Å². The lowest BCUT2D eigenvalue weighted by atomic mass is 10.0. The Bertz CT molecular complexity index is 482. The van der Waals surface area contributed by atoms with Gasteiger partial charge in [-0.3, -0.25) is 4.79 Å². The molecule has 1 heterocycles. The van der Waals surface area contributed by atoms with E-state index in [2.05, 4.69) is 52.5 Å². The van der Waals surface area contributed by atoms with Crippen LogP contribution < -0.4 is 10.6 Å². The summed E-state index contributed by atoms with van der Waals surface area (Å²) < 4.78 is 6.33. The maximum absolute atomic E-state index is 12.1. The average Bonchev–Trinajstić information content (AvgIpc) is 2.86. The van der Waals surface area contributed by atoms with Gasteiger partial charge in [0.05, 0.1) is 12.1 Å². The summed E-state index contributed by atoms with van der Waals surface area (Å²) in [6.07, 6.45) is 0.877. The van der Waals surface area contributed by atoms with Gasteiger partial charge in [-0.25, -0.2) is 0 Å². The van der Waals surface area contributed by atoms with Crippen LogP contribution in [0.5, 0.6) is 0 Å². The van der Waals surface area contributed by atoms with E-state index < -0.39 is 0 Å². The molecule has 1 aromatic carbocycles. The van der Waals surface area contributed by atoms with E-state index in [9.17, 15) is 4.79 Å². The zero-order valence-electron chi connectivity index (χ0n) is 12.1. The molecule has 1 aliphatic heterocycles. The normalized spacial score (nSPS) is 22.0. The number of amides is 1. The monoisotopic (exact) mass is 340 g/mol. The molecule has 1 aromatic rings. The molecule has 0 bridgehead atoms. The first-order chi connectivity index (χ1) is 9.51. The number of benzene rings is 1. The molecule has 1 amide bonds. The Labute approximate surface area is 128 Å². The first-order valence-corrected chi connectivity index (χ1v) is 7.60. The average molecular weight is 341 g/mol. The van der Waals surface area contributed by atoms with Crippen molar-refractivity contribution < 1.29 is 9.53 Å². The number of carbonyl (C=O) groups is 1. The predicted molar refractivity (Wildman–Crippen MR) is 82.7 cm³/mol. The van der Waals surface area contributed by atoms with E-state index in [-0.39, 0.29) is 18.1 Å². The summed E-state index contributed by atoms with van der Waals surface area (Å²) in [5, 5.41) is 6.20. The molecule has 1 aliphatic rings. The lowest BCUT2D eigenvalue weighted by molar-refractivity contribution is -0.123. The van der Waals surface area contributed by atoms with Gasteiger partial charge < -0.3 is 15.4 Å². The van der Waals surface area contributed by atoms with Crippen LogP contribution in [0.1, 0.15) is 23.1 Å². The van der Waals surface area contributed by atoms with Gasteiger partial charge in [0.1, 0.15) is 0 Å². The Morgan fingerprint density at radius 2 is 2.10 bits per heavy atom. The molecule has 0 radical (unpaired) electrons. The van der Waals surface area contributed by atoms with Gasteiger partial charge in [-0.2, -0.15) is 0 Å². The van der Waals surface area contributed by atoms with Crippen LogP contribution in [0.25, 0.3) is 0 Å². The highest BCUT2D eigenvalue weighted by atomic mass is 79.9. The SMILES string of the molecule is CO[C@@H]1CN[C@H](C(=O)NCc2c(C)cc(Br)cc2C)C1. The molecule has 0 unspecified atom stereocenters. The van der Waals surface area contributed by atoms with E-state index in [0.717, 1.165) is 17.4 Å². The third-order valence-electron chi connectivity index (χ3n) is 3.84. The number of ether oxygens (including phenoxy) is 1. The molecule has 20 heavy (non-hydrogen) atoms. The third-order valence-corrected chi connectivity index (χ3v) is 4.30. The van der Waals surface area contributed by atoms with Crippen molar-refractivity contribution in [2.75, 3.05) is 13.7 Å². The lowest BCUT2D eigenvalue weighted by Crippen LogP contribution is -2.40. The second-order valence-electron chi connectivity index (χ2n) is 5.29. The summed E-state index contributed by atoms with van der Waals surface area (Å²) in [6, 6.07) is 4.00. The molecule has 0 aromatic heterocycles. The van der Waals surface area contributed by atoms with Gasteiger partial charge in [0.15, 0.2) is 0 Å². The van der Waals surface area contributed by atoms with E-state index in [0.29, 0.717) is 6.54 Å². The van der Waals surface area contributed by atoms with Crippen LogP contribution in [0.3, 0.4) is 0 Å². The minimum Gasteiger partial charge on any atom is -0.380 e. The van der Waals surface area contributed by atoms with E-state index in [1.807, 2.05) is 0 Å². The Hall–Kier alpha value is -0.910. The van der Waals surface area contributed by atoms with Gasteiger partial charge in [-0.1, -0.05) is 15.9 Å². The number of aryl methyl sites for hydroxylation is 2. The highest BCUT2D eigenvalue weighted by Gasteiger charge is 2.29. The molecule has 1 fully saturated rings. The van der Waals surface area contributed by atoms with Crippen molar-refractivity contribution in [1.29, 1.82) is 0 Å². The second-order valence-corrected chi connectivity index (χ2v) is 6.21. The van der Waals surface area contributed by atoms with Crippen LogP contribution in [0.15, 0.2) is 16.6 Å². The lowest BCUT2D eigenvalue weighted by Gasteiger charge is -2.14. The molecule has 1 saturated heterocycles. The molecule has 2 rings (SSSR count). The third kappa shape index (κ3) is 3.59. The predicted octanol–water partition coefficient (Wildman–Crippen LogP) is 2.06. The maximum atomic E-state index is 12.1. The number of methoxy groups -OCH3 is 1. The number of hydrogen-bond acceptors (Lipinski definition) is 3. The Kier molecular flexibility index (Phi) is 5.18. The molecular formula is C15H21BrN2O2. The summed E-state index contributed by atoms with van der Waals surface area (Å²) in [5.41, 5.74) is 3.56. The molecule has 110 valence electrons. The summed E-state index contributed by atoms with van der Waals surface area (Å²) in [5.74, 6) is 0.0475. The van der Waals surface area contributed by atoms with Crippen molar-refractivity contribution in [2.45, 2.75) is 39.0 Å². The van der Waals surface area contributed by atoms with Crippen LogP contribution in [0.2, 0.25) is 0 Å². The molecule has 2 N–H and O–H groups in total. The zero-order chi connectivity index (χ0) is 14.7. The fourth-order valence-electron chi connectivity index (χ4n) is 2.60. The van der Waals surface area contributed by atoms with Crippen molar-refractivity contribution >= 4 is 21.8 Å². The number of hydrogen-bond donors (Lipinski definition) is 2. The topological polar surface area (TPSA) is 50.4 Å². The first-order valence-electron chi connectivity index (χ1n) is 6.80. The van der Waals surface area contributed by atoms with E-state index in [1.165, 1.54) is 16.7 Å². The highest BCUT2D eigenvalue weighted by Crippen LogP contribution is 2.20. The van der Waals surface area contributed by atoms with Crippen LogP contribution in [-0.2, 0) is 16.1 Å². The van der Waals surface area contributed by atoms with Gasteiger partial charge in [0.25, 0.3) is 0 Å². The van der Waals surface area contributed by atoms with Gasteiger partial charge in [0, 0.05) is 24.7 Å². The Balaban J connectivity index is 1.94. The number of rotatable bonds is 4. The molecule has 0 saturated carbocycles. The zero-order valence-corrected chi connectivity index (χ0v) is 13.7. The number of halogens is 1. The van der Waals surface area contributed by atoms with Crippen molar-refractivity contribution in [3.63, 3.8) is 0 Å². The molecular weight excluding hydrogens is 320 g/mol. The van der Waals surface area contributed by atoms with E-state index in [1.54, 1.807) is 7.11 Å². The van der Waals surface area contributed by atoms with E-state index in [4.69, 9.17) is 4.74 Å². The second kappa shape index (κ2) is 6.70. The first kappa shape index (κ1) is 15.5. The van der Waals surface area contributed by atoms with Gasteiger partial charge >= 0.3 is 0 Å². The number of nitrogens with one attached hydrogen (secondary N) is 2. The molecule has 0 spiro atoms. The smallest absolute Gasteiger partial charge is 0.237 e. The van der Waals surface area contributed by atoms with Crippen molar-refractivity contribution in [2.24, 2.45) is 0 Å². The Morgan fingerprint density at radius 3 is 2.65 bits per heavy atom. The Morgan fingerprint density at radius 1 is 1.45 bits per heavy atom. The van der Waals surface area contributed by atoms with Crippen molar-refractivity contribution in [3.05, 3.63) is 33.3 Å². The van der Waals surface area contributed by atoms with Crippen LogP contribution in [0.4, 0.5) is 0 Å². The van der Waals surface area contributed by atoms with E-state index >= 15 is 0 Å². The summed E-state index contributed by atoms with van der Waals surface area (Å²) in [6.45, 7) is 5.44. The van der Waals surface area contributed by atoms with Crippen molar-refractivity contribution in [1.82, 2.24) is 10.6 Å². The minimum absolute atomic E-state index is 0.0475. The largest absolute Gasteiger partial charge is 0.380 e. The summed E-state index contributed by atoms with van der Waals surface area (Å²) in [7, 11) is 1.68. The fraction of sp³-hybridized carbons (Fsp3) is 0.533. The molecule has 2 atom stereocenters. The minimum atomic E-state index is -0.143. The van der Waals surface area contributed by atoms with Gasteiger partial charge in [-0.15, -0.1) is 0 Å². The summed E-state index contributed by atoms with van der Waals surface area (Å²) in [4.78, 5) is 12.1. The molecule has 5 heteroatoms. The van der Waals surface area contributed by atoms with Crippen LogP contribution in [-0.4, -0.2) is 31.7 Å². The number of carbonyl (C=O) groups excluding carboxylic acids is 1. The molecule has 4 nitrogen and oxygen atoms in total. The quantitative estimate of drug-likeness (QED) is 0.881. The van der Waals surface area contributed by atoms with Gasteiger partial charge in [-0.05, 0) is 49.1 Å². The fourth-order valence-corrected chi connectivity index (χ4v) is 3.29. The highest BCUT2D eigenvalue weighted by molar-refractivity contribution is 9.10. The van der Waals surface area contributed by atoms with Crippen molar-refractivity contribution in [3.8, 4) is 0 Å². The maximum Gasteiger partial charge on any atom is 0.237 e. The van der Waals surface area contributed by atoms with Crippen LogP contribution in [0, 0.1) is 13.8 Å². The van der Waals surface area contributed by atoms with Crippen LogP contribution >= 0.6 is 15.9 Å².